The second-order valence-corrected chi connectivity index (χ2v) is 5.78. The van der Waals surface area contributed by atoms with Crippen molar-refractivity contribution in [2.75, 3.05) is 21.3 Å². The summed E-state index contributed by atoms with van der Waals surface area (Å²) in [6.07, 6.45) is 1.40. The van der Waals surface area contributed by atoms with E-state index in [1.165, 1.54) is 33.4 Å². The number of methoxy groups -OCH3 is 2. The molecule has 0 heterocycles. The van der Waals surface area contributed by atoms with Gasteiger partial charge in [0.1, 0.15) is 11.5 Å². The maximum Gasteiger partial charge on any atom is 0.331 e. The lowest BCUT2D eigenvalue weighted by Gasteiger charge is -2.16. The first kappa shape index (κ1) is 21.5. The molecule has 2 N–H and O–H groups in total. The van der Waals surface area contributed by atoms with Crippen LogP contribution in [-0.4, -0.2) is 39.2 Å². The summed E-state index contributed by atoms with van der Waals surface area (Å²) in [7, 11) is 4.41. The molecule has 0 radical (unpaired) electrons. The summed E-state index contributed by atoms with van der Waals surface area (Å²) < 4.78 is 15.7. The van der Waals surface area contributed by atoms with E-state index in [1.54, 1.807) is 48.5 Å². The molecule has 0 bridgehead atoms. The molecule has 0 saturated heterocycles. The van der Waals surface area contributed by atoms with Crippen LogP contribution in [0.2, 0.25) is 0 Å². The van der Waals surface area contributed by atoms with Gasteiger partial charge in [0, 0.05) is 24.8 Å². The monoisotopic (exact) mass is 398 g/mol. The Morgan fingerprint density at radius 1 is 0.966 bits per heavy atom. The molecule has 0 fully saturated rings. The average molecular weight is 398 g/mol. The Bertz CT molecular complexity index is 873. The van der Waals surface area contributed by atoms with Crippen molar-refractivity contribution in [3.8, 4) is 11.5 Å². The van der Waals surface area contributed by atoms with E-state index in [2.05, 4.69) is 10.6 Å². The van der Waals surface area contributed by atoms with Crippen LogP contribution < -0.4 is 20.1 Å². The summed E-state index contributed by atoms with van der Waals surface area (Å²) in [5, 5.41) is 4.39. The second-order valence-electron chi connectivity index (χ2n) is 5.78. The Balaban J connectivity index is 2.18. The molecule has 29 heavy (non-hydrogen) atoms. The highest BCUT2D eigenvalue weighted by Gasteiger charge is 2.25. The van der Waals surface area contributed by atoms with Gasteiger partial charge in [0.2, 0.25) is 6.10 Å². The summed E-state index contributed by atoms with van der Waals surface area (Å²) in [6, 6.07) is 12.8. The number of esters is 1. The molecule has 0 aliphatic rings. The fraction of sp³-hybridized carbons (Fsp3) is 0.190. The molecule has 0 spiro atoms. The van der Waals surface area contributed by atoms with Crippen molar-refractivity contribution in [3.05, 3.63) is 65.7 Å². The first-order valence-electron chi connectivity index (χ1n) is 8.66. The smallest absolute Gasteiger partial charge is 0.331 e. The Kier molecular flexibility index (Phi) is 7.78. The van der Waals surface area contributed by atoms with Gasteiger partial charge in [-0.3, -0.25) is 10.1 Å². The van der Waals surface area contributed by atoms with Crippen LogP contribution in [0.25, 0.3) is 6.08 Å². The third-order valence-corrected chi connectivity index (χ3v) is 3.82. The van der Waals surface area contributed by atoms with E-state index in [4.69, 9.17) is 14.2 Å². The normalized spacial score (nSPS) is 11.4. The molecule has 0 unspecified atom stereocenters. The van der Waals surface area contributed by atoms with Crippen molar-refractivity contribution in [1.82, 2.24) is 10.6 Å². The third kappa shape index (κ3) is 6.39. The fourth-order valence-corrected chi connectivity index (χ4v) is 2.39. The molecular formula is C21H22N2O6. The van der Waals surface area contributed by atoms with Gasteiger partial charge in [-0.2, -0.15) is 0 Å². The van der Waals surface area contributed by atoms with E-state index in [0.29, 0.717) is 22.6 Å². The minimum absolute atomic E-state index is 0.429. The van der Waals surface area contributed by atoms with Crippen LogP contribution >= 0.6 is 0 Å². The van der Waals surface area contributed by atoms with Crippen LogP contribution in [-0.2, 0) is 14.3 Å². The SMILES string of the molecule is CNC(=O)NC(=O)[C@H](OC(=O)/C=C/c1cc(OC)cc(OC)c1)c1ccccc1. The first-order valence-corrected chi connectivity index (χ1v) is 8.66. The number of hydrogen-bond acceptors (Lipinski definition) is 6. The molecule has 152 valence electrons. The van der Waals surface area contributed by atoms with Crippen LogP contribution in [0.3, 0.4) is 0 Å². The molecule has 8 nitrogen and oxygen atoms in total. The number of amides is 3. The van der Waals surface area contributed by atoms with Crippen molar-refractivity contribution < 1.29 is 28.6 Å². The molecule has 3 amide bonds. The molecule has 8 heteroatoms. The summed E-state index contributed by atoms with van der Waals surface area (Å²) in [6.45, 7) is 0. The topological polar surface area (TPSA) is 103 Å². The van der Waals surface area contributed by atoms with Crippen molar-refractivity contribution in [1.29, 1.82) is 0 Å². The molecule has 0 aliphatic carbocycles. The average Bonchev–Trinajstić information content (AvgIpc) is 2.75. The number of benzene rings is 2. The van der Waals surface area contributed by atoms with E-state index in [1.807, 2.05) is 0 Å². The van der Waals surface area contributed by atoms with Gasteiger partial charge < -0.3 is 19.5 Å². The van der Waals surface area contributed by atoms with Crippen LogP contribution in [0.15, 0.2) is 54.6 Å². The number of urea groups is 1. The Morgan fingerprint density at radius 3 is 2.14 bits per heavy atom. The highest BCUT2D eigenvalue weighted by atomic mass is 16.5. The first-order chi connectivity index (χ1) is 14.0. The number of carbonyl (C=O) groups excluding carboxylic acids is 3. The number of imide groups is 1. The molecule has 0 aliphatic heterocycles. The lowest BCUT2D eigenvalue weighted by Crippen LogP contribution is -2.41. The minimum atomic E-state index is -1.29. The van der Waals surface area contributed by atoms with Gasteiger partial charge in [0.25, 0.3) is 5.91 Å². The predicted octanol–water partition coefficient (Wildman–Crippen LogP) is 2.46. The number of rotatable bonds is 7. The lowest BCUT2D eigenvalue weighted by atomic mass is 10.1. The largest absolute Gasteiger partial charge is 0.497 e. The summed E-state index contributed by atoms with van der Waals surface area (Å²) >= 11 is 0. The number of nitrogens with one attached hydrogen (secondary N) is 2. The molecule has 2 rings (SSSR count). The number of carbonyl (C=O) groups is 3. The maximum absolute atomic E-state index is 12.4. The fourth-order valence-electron chi connectivity index (χ4n) is 2.39. The summed E-state index contributed by atoms with van der Waals surface area (Å²) in [4.78, 5) is 36.2. The summed E-state index contributed by atoms with van der Waals surface area (Å²) in [5.74, 6) is -0.401. The van der Waals surface area contributed by atoms with E-state index >= 15 is 0 Å². The summed E-state index contributed by atoms with van der Waals surface area (Å²) in [5.41, 5.74) is 1.07. The molecule has 0 saturated carbocycles. The quantitative estimate of drug-likeness (QED) is 0.549. The zero-order valence-electron chi connectivity index (χ0n) is 16.3. The zero-order valence-corrected chi connectivity index (χ0v) is 16.3. The van der Waals surface area contributed by atoms with Gasteiger partial charge in [0.15, 0.2) is 0 Å². The van der Waals surface area contributed by atoms with Gasteiger partial charge >= 0.3 is 12.0 Å². The molecular weight excluding hydrogens is 376 g/mol. The highest BCUT2D eigenvalue weighted by molar-refractivity contribution is 5.98. The Labute approximate surface area is 168 Å². The zero-order chi connectivity index (χ0) is 21.2. The minimum Gasteiger partial charge on any atom is -0.497 e. The molecule has 2 aromatic carbocycles. The van der Waals surface area contributed by atoms with Gasteiger partial charge in [0.05, 0.1) is 14.2 Å². The van der Waals surface area contributed by atoms with E-state index in [9.17, 15) is 14.4 Å². The van der Waals surface area contributed by atoms with E-state index in [0.717, 1.165) is 0 Å². The molecule has 1 atom stereocenters. The number of hydrogen-bond donors (Lipinski definition) is 2. The standard InChI is InChI=1S/C21H22N2O6/c1-22-21(26)23-20(25)19(15-7-5-4-6-8-15)29-18(24)10-9-14-11-16(27-2)13-17(12-14)28-3/h4-13,19H,1-3H3,(H2,22,23,25,26)/b10-9+/t19-/m1/s1. The van der Waals surface area contributed by atoms with E-state index in [-0.39, 0.29) is 0 Å². The van der Waals surface area contributed by atoms with Crippen molar-refractivity contribution in [2.24, 2.45) is 0 Å². The predicted molar refractivity (Wildman–Crippen MR) is 106 cm³/mol. The van der Waals surface area contributed by atoms with Crippen molar-refractivity contribution >= 4 is 24.0 Å². The van der Waals surface area contributed by atoms with E-state index < -0.39 is 24.0 Å². The van der Waals surface area contributed by atoms with Crippen LogP contribution in [0.1, 0.15) is 17.2 Å². The third-order valence-electron chi connectivity index (χ3n) is 3.82. The van der Waals surface area contributed by atoms with Crippen molar-refractivity contribution in [3.63, 3.8) is 0 Å². The van der Waals surface area contributed by atoms with Crippen molar-refractivity contribution in [2.45, 2.75) is 6.10 Å². The van der Waals surface area contributed by atoms with Crippen LogP contribution in [0.5, 0.6) is 11.5 Å². The maximum atomic E-state index is 12.4. The Morgan fingerprint density at radius 2 is 1.59 bits per heavy atom. The second kappa shape index (κ2) is 10.5. The van der Waals surface area contributed by atoms with Gasteiger partial charge in [-0.1, -0.05) is 30.3 Å². The van der Waals surface area contributed by atoms with Crippen LogP contribution in [0, 0.1) is 0 Å². The van der Waals surface area contributed by atoms with Gasteiger partial charge in [-0.25, -0.2) is 9.59 Å². The number of ether oxygens (including phenoxy) is 3. The highest BCUT2D eigenvalue weighted by Crippen LogP contribution is 2.23. The van der Waals surface area contributed by atoms with Gasteiger partial charge in [-0.05, 0) is 23.8 Å². The Hall–Kier alpha value is -3.81. The van der Waals surface area contributed by atoms with Gasteiger partial charge in [-0.15, -0.1) is 0 Å². The van der Waals surface area contributed by atoms with Crippen LogP contribution in [0.4, 0.5) is 4.79 Å². The lowest BCUT2D eigenvalue weighted by molar-refractivity contribution is -0.151. The molecule has 0 aromatic heterocycles. The molecule has 2 aromatic rings.